The van der Waals surface area contributed by atoms with Gasteiger partial charge in [-0.3, -0.25) is 4.79 Å². The summed E-state index contributed by atoms with van der Waals surface area (Å²) in [5.41, 5.74) is 6.38. The van der Waals surface area contributed by atoms with Gasteiger partial charge in [-0.15, -0.1) is 0 Å². The van der Waals surface area contributed by atoms with Gasteiger partial charge in [0.05, 0.1) is 12.8 Å². The fraction of sp³-hybridized carbons (Fsp3) is 0.364. The predicted molar refractivity (Wildman–Crippen MR) is 67.4 cm³/mol. The van der Waals surface area contributed by atoms with E-state index in [0.29, 0.717) is 5.56 Å². The number of sulfonamides is 1. The predicted octanol–water partition coefficient (Wildman–Crippen LogP) is 0.371. The van der Waals surface area contributed by atoms with Crippen LogP contribution in [0.25, 0.3) is 0 Å². The van der Waals surface area contributed by atoms with E-state index in [4.69, 9.17) is 5.73 Å². The molecule has 0 saturated carbocycles. The molecule has 0 fully saturated rings. The first kappa shape index (κ1) is 14.5. The molecule has 1 aromatic carbocycles. The van der Waals surface area contributed by atoms with Gasteiger partial charge in [0, 0.05) is 7.05 Å². The minimum absolute atomic E-state index is 0.0244. The molecule has 6 nitrogen and oxygen atoms in total. The van der Waals surface area contributed by atoms with Crippen molar-refractivity contribution in [3.8, 4) is 0 Å². The Kier molecular flexibility index (Phi) is 4.31. The SMILES string of the molecule is COC(=O)CN(C)S(=O)(=O)c1c(C)cccc1N. The molecule has 0 aliphatic heterocycles. The van der Waals surface area contributed by atoms with Gasteiger partial charge in [-0.2, -0.15) is 4.31 Å². The summed E-state index contributed by atoms with van der Waals surface area (Å²) in [6.07, 6.45) is 0. The largest absolute Gasteiger partial charge is 0.468 e. The second kappa shape index (κ2) is 5.36. The van der Waals surface area contributed by atoms with Gasteiger partial charge in [0.15, 0.2) is 0 Å². The number of carbonyl (C=O) groups excluding carboxylic acids is 1. The third-order valence-corrected chi connectivity index (χ3v) is 4.51. The molecule has 100 valence electrons. The zero-order chi connectivity index (χ0) is 13.9. The number of nitrogens with zero attached hydrogens (tertiary/aromatic N) is 1. The van der Waals surface area contributed by atoms with Crippen LogP contribution < -0.4 is 5.73 Å². The van der Waals surface area contributed by atoms with Crippen LogP contribution in [0.15, 0.2) is 23.1 Å². The number of nitrogens with two attached hydrogens (primary N) is 1. The fourth-order valence-corrected chi connectivity index (χ4v) is 2.94. The molecule has 0 spiro atoms. The van der Waals surface area contributed by atoms with Crippen molar-refractivity contribution in [2.45, 2.75) is 11.8 Å². The summed E-state index contributed by atoms with van der Waals surface area (Å²) in [4.78, 5) is 11.1. The van der Waals surface area contributed by atoms with Crippen molar-refractivity contribution in [1.29, 1.82) is 0 Å². The lowest BCUT2D eigenvalue weighted by atomic mass is 10.2. The topological polar surface area (TPSA) is 89.7 Å². The van der Waals surface area contributed by atoms with E-state index in [0.717, 1.165) is 4.31 Å². The average molecular weight is 272 g/mol. The number of esters is 1. The van der Waals surface area contributed by atoms with Crippen LogP contribution in [0.5, 0.6) is 0 Å². The molecule has 0 radical (unpaired) electrons. The molecule has 1 rings (SSSR count). The second-order valence-electron chi connectivity index (χ2n) is 3.83. The lowest BCUT2D eigenvalue weighted by molar-refractivity contribution is -0.140. The minimum atomic E-state index is -3.80. The Morgan fingerprint density at radius 2 is 2.06 bits per heavy atom. The number of nitrogen functional groups attached to an aromatic ring is 1. The van der Waals surface area contributed by atoms with Crippen LogP contribution in [-0.4, -0.2) is 39.4 Å². The van der Waals surface area contributed by atoms with E-state index in [9.17, 15) is 13.2 Å². The maximum absolute atomic E-state index is 12.3. The van der Waals surface area contributed by atoms with Crippen LogP contribution in [0.2, 0.25) is 0 Å². The zero-order valence-corrected chi connectivity index (χ0v) is 11.3. The first-order chi connectivity index (χ1) is 8.30. The van der Waals surface area contributed by atoms with Gasteiger partial charge in [-0.05, 0) is 18.6 Å². The van der Waals surface area contributed by atoms with Gasteiger partial charge >= 0.3 is 5.97 Å². The summed E-state index contributed by atoms with van der Waals surface area (Å²) in [5.74, 6) is -0.631. The van der Waals surface area contributed by atoms with Crippen LogP contribution >= 0.6 is 0 Å². The summed E-state index contributed by atoms with van der Waals surface area (Å²) in [5, 5.41) is 0. The quantitative estimate of drug-likeness (QED) is 0.632. The van der Waals surface area contributed by atoms with Crippen LogP contribution in [-0.2, 0) is 19.6 Å². The highest BCUT2D eigenvalue weighted by molar-refractivity contribution is 7.89. The number of methoxy groups -OCH3 is 1. The maximum Gasteiger partial charge on any atom is 0.321 e. The van der Waals surface area contributed by atoms with Crippen molar-refractivity contribution in [1.82, 2.24) is 4.31 Å². The molecule has 18 heavy (non-hydrogen) atoms. The normalized spacial score (nSPS) is 11.6. The van der Waals surface area contributed by atoms with E-state index < -0.39 is 16.0 Å². The smallest absolute Gasteiger partial charge is 0.321 e. The highest BCUT2D eigenvalue weighted by Crippen LogP contribution is 2.24. The Hall–Kier alpha value is -1.60. The number of hydrogen-bond donors (Lipinski definition) is 1. The summed E-state index contributed by atoms with van der Waals surface area (Å²) in [7, 11) is -1.29. The number of hydrogen-bond acceptors (Lipinski definition) is 5. The summed E-state index contributed by atoms with van der Waals surface area (Å²) in [6.45, 7) is 1.29. The van der Waals surface area contributed by atoms with Gasteiger partial charge in [0.2, 0.25) is 10.0 Å². The van der Waals surface area contributed by atoms with Crippen molar-refractivity contribution in [3.63, 3.8) is 0 Å². The van der Waals surface area contributed by atoms with E-state index in [1.54, 1.807) is 19.1 Å². The van der Waals surface area contributed by atoms with Crippen LogP contribution in [0.1, 0.15) is 5.56 Å². The lowest BCUT2D eigenvalue weighted by Crippen LogP contribution is -2.33. The maximum atomic E-state index is 12.3. The Morgan fingerprint density at radius 1 is 1.44 bits per heavy atom. The first-order valence-corrected chi connectivity index (χ1v) is 6.63. The van der Waals surface area contributed by atoms with E-state index in [2.05, 4.69) is 4.74 Å². The van der Waals surface area contributed by atoms with E-state index in [-0.39, 0.29) is 17.1 Å². The number of anilines is 1. The summed E-state index contributed by atoms with van der Waals surface area (Å²) < 4.78 is 29.9. The van der Waals surface area contributed by atoms with Gasteiger partial charge in [-0.25, -0.2) is 8.42 Å². The molecule has 2 N–H and O–H groups in total. The Balaban J connectivity index is 3.18. The molecule has 7 heteroatoms. The van der Waals surface area contributed by atoms with Gasteiger partial charge in [0.1, 0.15) is 11.4 Å². The Labute approximate surface area is 106 Å². The molecule has 0 heterocycles. The Morgan fingerprint density at radius 3 is 2.56 bits per heavy atom. The Bertz CT molecular complexity index is 534. The van der Waals surface area contributed by atoms with Crippen LogP contribution in [0, 0.1) is 6.92 Å². The van der Waals surface area contributed by atoms with Crippen LogP contribution in [0.4, 0.5) is 5.69 Å². The molecular weight excluding hydrogens is 256 g/mol. The zero-order valence-electron chi connectivity index (χ0n) is 10.5. The monoisotopic (exact) mass is 272 g/mol. The third-order valence-electron chi connectivity index (χ3n) is 2.49. The van der Waals surface area contributed by atoms with Gasteiger partial charge in [-0.1, -0.05) is 12.1 Å². The molecule has 0 aliphatic rings. The van der Waals surface area contributed by atoms with Gasteiger partial charge in [0.25, 0.3) is 0 Å². The van der Waals surface area contributed by atoms with Crippen molar-refractivity contribution >= 4 is 21.7 Å². The molecule has 0 unspecified atom stereocenters. The highest BCUT2D eigenvalue weighted by atomic mass is 32.2. The van der Waals surface area contributed by atoms with E-state index in [1.165, 1.54) is 20.2 Å². The van der Waals surface area contributed by atoms with Crippen LogP contribution in [0.3, 0.4) is 0 Å². The average Bonchev–Trinajstić information content (AvgIpc) is 2.28. The first-order valence-electron chi connectivity index (χ1n) is 5.19. The second-order valence-corrected chi connectivity index (χ2v) is 5.81. The van der Waals surface area contributed by atoms with Crippen molar-refractivity contribution < 1.29 is 17.9 Å². The van der Waals surface area contributed by atoms with E-state index in [1.807, 2.05) is 0 Å². The lowest BCUT2D eigenvalue weighted by Gasteiger charge is -2.18. The molecule has 0 bridgehead atoms. The summed E-state index contributed by atoms with van der Waals surface area (Å²) in [6, 6.07) is 4.82. The molecule has 0 aliphatic carbocycles. The summed E-state index contributed by atoms with van der Waals surface area (Å²) >= 11 is 0. The number of rotatable bonds is 4. The van der Waals surface area contributed by atoms with Gasteiger partial charge < -0.3 is 10.5 Å². The molecule has 1 aromatic rings. The van der Waals surface area contributed by atoms with Crippen molar-refractivity contribution in [2.24, 2.45) is 0 Å². The molecule has 0 amide bonds. The minimum Gasteiger partial charge on any atom is -0.468 e. The molecule has 0 aromatic heterocycles. The number of likely N-dealkylation sites (N-methyl/N-ethyl adjacent to an activating group) is 1. The third kappa shape index (κ3) is 2.80. The van der Waals surface area contributed by atoms with E-state index >= 15 is 0 Å². The van der Waals surface area contributed by atoms with Crippen molar-refractivity contribution in [2.75, 3.05) is 26.4 Å². The fourth-order valence-electron chi connectivity index (χ4n) is 1.51. The molecule has 0 saturated heterocycles. The van der Waals surface area contributed by atoms with Crippen molar-refractivity contribution in [3.05, 3.63) is 23.8 Å². The molecular formula is C11H16N2O4S. The number of carbonyl (C=O) groups is 1. The highest BCUT2D eigenvalue weighted by Gasteiger charge is 2.26. The molecule has 0 atom stereocenters. The number of benzene rings is 1. The standard InChI is InChI=1S/C11H16N2O4S/c1-8-5-4-6-9(12)11(8)18(15,16)13(2)7-10(14)17-3/h4-6H,7,12H2,1-3H3. The number of aryl methyl sites for hydroxylation is 1. The number of ether oxygens (including phenoxy) is 1.